The molecule has 1 fully saturated rings. The van der Waals surface area contributed by atoms with Gasteiger partial charge in [0.2, 0.25) is 0 Å². The van der Waals surface area contributed by atoms with Crippen molar-refractivity contribution >= 4 is 5.69 Å². The summed E-state index contributed by atoms with van der Waals surface area (Å²) in [6.07, 6.45) is 1.72. The van der Waals surface area contributed by atoms with Gasteiger partial charge in [0.05, 0.1) is 6.10 Å². The molecule has 0 aromatic heterocycles. The normalized spacial score (nSPS) is 17.9. The smallest absolute Gasteiger partial charge is 0.0564 e. The van der Waals surface area contributed by atoms with Crippen LogP contribution in [0.15, 0.2) is 24.3 Å². The topological polar surface area (TPSA) is 35.5 Å². The molecule has 0 saturated carbocycles. The molecule has 2 N–H and O–H groups in total. The van der Waals surface area contributed by atoms with E-state index in [2.05, 4.69) is 48.3 Å². The molecule has 1 aromatic carbocycles. The van der Waals surface area contributed by atoms with Crippen LogP contribution < -0.4 is 5.32 Å². The van der Waals surface area contributed by atoms with Crippen LogP contribution in [0.25, 0.3) is 0 Å². The van der Waals surface area contributed by atoms with Gasteiger partial charge in [-0.3, -0.25) is 4.90 Å². The highest BCUT2D eigenvalue weighted by Crippen LogP contribution is 2.20. The molecule has 0 bridgehead atoms. The summed E-state index contributed by atoms with van der Waals surface area (Å²) in [5.41, 5.74) is 2.61. The van der Waals surface area contributed by atoms with Crippen molar-refractivity contribution in [1.82, 2.24) is 4.90 Å². The zero-order valence-electron chi connectivity index (χ0n) is 12.1. The molecular formula is C16H26N2O. The zero-order chi connectivity index (χ0) is 13.7. The van der Waals surface area contributed by atoms with Crippen molar-refractivity contribution in [3.63, 3.8) is 0 Å². The number of piperidine rings is 1. The van der Waals surface area contributed by atoms with E-state index in [4.69, 9.17) is 0 Å². The molecule has 0 radical (unpaired) electrons. The maximum atomic E-state index is 9.55. The number of rotatable bonds is 5. The number of aliphatic hydroxyl groups is 1. The highest BCUT2D eigenvalue weighted by atomic mass is 16.3. The highest BCUT2D eigenvalue weighted by molar-refractivity contribution is 5.51. The predicted molar refractivity (Wildman–Crippen MR) is 80.3 cm³/mol. The summed E-state index contributed by atoms with van der Waals surface area (Å²) < 4.78 is 0. The van der Waals surface area contributed by atoms with E-state index in [1.165, 1.54) is 11.3 Å². The van der Waals surface area contributed by atoms with Crippen LogP contribution in [0, 0.1) is 5.92 Å². The lowest BCUT2D eigenvalue weighted by atomic mass is 10.1. The Balaban J connectivity index is 1.95. The van der Waals surface area contributed by atoms with Crippen LogP contribution in [0.2, 0.25) is 0 Å². The van der Waals surface area contributed by atoms with Gasteiger partial charge in [-0.1, -0.05) is 32.0 Å². The van der Waals surface area contributed by atoms with Crippen molar-refractivity contribution in [3.8, 4) is 0 Å². The van der Waals surface area contributed by atoms with Crippen LogP contribution in [0.1, 0.15) is 32.3 Å². The Bertz CT molecular complexity index is 384. The number of anilines is 1. The number of aliphatic hydroxyl groups excluding tert-OH is 1. The van der Waals surface area contributed by atoms with Gasteiger partial charge in [-0.2, -0.15) is 0 Å². The van der Waals surface area contributed by atoms with E-state index in [0.717, 1.165) is 39.0 Å². The molecule has 19 heavy (non-hydrogen) atoms. The Morgan fingerprint density at radius 1 is 1.26 bits per heavy atom. The third-order valence-corrected chi connectivity index (χ3v) is 3.67. The SMILES string of the molecule is CC(C)CNc1ccccc1CN1CCC(O)CC1. The van der Waals surface area contributed by atoms with Crippen molar-refractivity contribution in [2.75, 3.05) is 25.0 Å². The minimum Gasteiger partial charge on any atom is -0.393 e. The monoisotopic (exact) mass is 262 g/mol. The Morgan fingerprint density at radius 3 is 2.63 bits per heavy atom. The maximum Gasteiger partial charge on any atom is 0.0564 e. The van der Waals surface area contributed by atoms with E-state index in [0.29, 0.717) is 5.92 Å². The molecule has 1 heterocycles. The molecule has 0 spiro atoms. The summed E-state index contributed by atoms with van der Waals surface area (Å²) in [7, 11) is 0. The number of nitrogens with zero attached hydrogens (tertiary/aromatic N) is 1. The number of para-hydroxylation sites is 1. The first-order chi connectivity index (χ1) is 9.15. The van der Waals surface area contributed by atoms with Crippen LogP contribution in [-0.2, 0) is 6.54 Å². The summed E-state index contributed by atoms with van der Waals surface area (Å²) >= 11 is 0. The van der Waals surface area contributed by atoms with Gasteiger partial charge in [-0.05, 0) is 30.4 Å². The number of nitrogens with one attached hydrogen (secondary N) is 1. The van der Waals surface area contributed by atoms with E-state index < -0.39 is 0 Å². The molecule has 0 unspecified atom stereocenters. The summed E-state index contributed by atoms with van der Waals surface area (Å²) in [6, 6.07) is 8.56. The van der Waals surface area contributed by atoms with E-state index in [9.17, 15) is 5.11 Å². The van der Waals surface area contributed by atoms with Crippen molar-refractivity contribution in [2.24, 2.45) is 5.92 Å². The summed E-state index contributed by atoms with van der Waals surface area (Å²) in [4.78, 5) is 2.43. The van der Waals surface area contributed by atoms with Crippen LogP contribution in [-0.4, -0.2) is 35.7 Å². The molecule has 106 valence electrons. The van der Waals surface area contributed by atoms with E-state index >= 15 is 0 Å². The maximum absolute atomic E-state index is 9.55. The van der Waals surface area contributed by atoms with Crippen LogP contribution in [0.5, 0.6) is 0 Å². The fraction of sp³-hybridized carbons (Fsp3) is 0.625. The third kappa shape index (κ3) is 4.51. The summed E-state index contributed by atoms with van der Waals surface area (Å²) in [5, 5.41) is 13.1. The highest BCUT2D eigenvalue weighted by Gasteiger charge is 2.17. The Kier molecular flexibility index (Phi) is 5.23. The van der Waals surface area contributed by atoms with Crippen LogP contribution in [0.4, 0.5) is 5.69 Å². The molecule has 1 aliphatic rings. The molecule has 2 rings (SSSR count). The van der Waals surface area contributed by atoms with Crippen molar-refractivity contribution in [3.05, 3.63) is 29.8 Å². The first-order valence-electron chi connectivity index (χ1n) is 7.37. The molecule has 3 heteroatoms. The van der Waals surface area contributed by atoms with E-state index in [1.807, 2.05) is 0 Å². The second kappa shape index (κ2) is 6.92. The fourth-order valence-electron chi connectivity index (χ4n) is 2.46. The number of benzene rings is 1. The molecule has 1 aromatic rings. The number of hydrogen-bond acceptors (Lipinski definition) is 3. The van der Waals surface area contributed by atoms with Gasteiger partial charge in [0, 0.05) is 31.9 Å². The van der Waals surface area contributed by atoms with Crippen molar-refractivity contribution in [1.29, 1.82) is 0 Å². The third-order valence-electron chi connectivity index (χ3n) is 3.67. The molecule has 0 atom stereocenters. The molecule has 0 aliphatic carbocycles. The van der Waals surface area contributed by atoms with Gasteiger partial charge in [0.25, 0.3) is 0 Å². The lowest BCUT2D eigenvalue weighted by Crippen LogP contribution is -2.35. The molecule has 1 aliphatic heterocycles. The van der Waals surface area contributed by atoms with Crippen molar-refractivity contribution < 1.29 is 5.11 Å². The predicted octanol–water partition coefficient (Wildman–Crippen LogP) is 2.71. The second-order valence-corrected chi connectivity index (χ2v) is 5.94. The minimum atomic E-state index is -0.0921. The van der Waals surface area contributed by atoms with Gasteiger partial charge in [0.1, 0.15) is 0 Å². The van der Waals surface area contributed by atoms with E-state index in [1.54, 1.807) is 0 Å². The molecule has 0 amide bonds. The molecular weight excluding hydrogens is 236 g/mol. The molecule has 1 saturated heterocycles. The largest absolute Gasteiger partial charge is 0.393 e. The Hall–Kier alpha value is -1.06. The van der Waals surface area contributed by atoms with Gasteiger partial charge in [-0.15, -0.1) is 0 Å². The zero-order valence-corrected chi connectivity index (χ0v) is 12.1. The first kappa shape index (κ1) is 14.4. The summed E-state index contributed by atoms with van der Waals surface area (Å²) in [6.45, 7) is 8.44. The lowest BCUT2D eigenvalue weighted by Gasteiger charge is -2.30. The van der Waals surface area contributed by atoms with Gasteiger partial charge in [-0.25, -0.2) is 0 Å². The van der Waals surface area contributed by atoms with Crippen molar-refractivity contribution in [2.45, 2.75) is 39.3 Å². The van der Waals surface area contributed by atoms with Crippen LogP contribution in [0.3, 0.4) is 0 Å². The number of likely N-dealkylation sites (tertiary alicyclic amines) is 1. The summed E-state index contributed by atoms with van der Waals surface area (Å²) in [5.74, 6) is 0.651. The van der Waals surface area contributed by atoms with Gasteiger partial charge in [0.15, 0.2) is 0 Å². The Labute approximate surface area is 116 Å². The standard InChI is InChI=1S/C16H26N2O/c1-13(2)11-17-16-6-4-3-5-14(16)12-18-9-7-15(19)8-10-18/h3-6,13,15,17,19H,7-12H2,1-2H3. The lowest BCUT2D eigenvalue weighted by molar-refractivity contribution is 0.0793. The minimum absolute atomic E-state index is 0.0921. The first-order valence-corrected chi connectivity index (χ1v) is 7.37. The van der Waals surface area contributed by atoms with Gasteiger partial charge < -0.3 is 10.4 Å². The second-order valence-electron chi connectivity index (χ2n) is 5.94. The fourth-order valence-corrected chi connectivity index (χ4v) is 2.46. The Morgan fingerprint density at radius 2 is 1.95 bits per heavy atom. The average molecular weight is 262 g/mol. The van der Waals surface area contributed by atoms with E-state index in [-0.39, 0.29) is 6.10 Å². The van der Waals surface area contributed by atoms with Crippen LogP contribution >= 0.6 is 0 Å². The quantitative estimate of drug-likeness (QED) is 0.856. The average Bonchev–Trinajstić information content (AvgIpc) is 2.40. The molecule has 3 nitrogen and oxygen atoms in total. The van der Waals surface area contributed by atoms with Gasteiger partial charge >= 0.3 is 0 Å². The number of hydrogen-bond donors (Lipinski definition) is 2.